The number of benzene rings is 1. The van der Waals surface area contributed by atoms with Gasteiger partial charge < -0.3 is 25.2 Å². The highest BCUT2D eigenvalue weighted by Gasteiger charge is 2.50. The van der Waals surface area contributed by atoms with Crippen LogP contribution in [0, 0.1) is 17.8 Å². The lowest BCUT2D eigenvalue weighted by Crippen LogP contribution is -2.50. The lowest BCUT2D eigenvalue weighted by molar-refractivity contribution is -0.135. The van der Waals surface area contributed by atoms with E-state index in [9.17, 15) is 24.3 Å². The quantitative estimate of drug-likeness (QED) is 0.300. The van der Waals surface area contributed by atoms with Crippen molar-refractivity contribution in [2.75, 3.05) is 13.7 Å². The first kappa shape index (κ1) is 30.2. The molecule has 4 rings (SSSR count). The van der Waals surface area contributed by atoms with E-state index < -0.39 is 29.7 Å². The zero-order chi connectivity index (χ0) is 28.9. The van der Waals surface area contributed by atoms with Crippen LogP contribution in [-0.2, 0) is 30.3 Å². The van der Waals surface area contributed by atoms with Crippen LogP contribution in [0.1, 0.15) is 77.2 Å². The van der Waals surface area contributed by atoms with Crippen LogP contribution >= 0.6 is 0 Å². The topological polar surface area (TPSA) is 134 Å². The van der Waals surface area contributed by atoms with Crippen molar-refractivity contribution in [3.05, 3.63) is 29.8 Å². The van der Waals surface area contributed by atoms with Gasteiger partial charge in [-0.3, -0.25) is 19.2 Å². The molecule has 3 fully saturated rings. The van der Waals surface area contributed by atoms with Crippen LogP contribution in [0.2, 0.25) is 0 Å². The minimum absolute atomic E-state index is 0.0787. The second-order valence-electron chi connectivity index (χ2n) is 12.1. The average Bonchev–Trinajstić information content (AvgIpc) is 3.28. The number of Topliss-reactive ketones (excluding diaryl/α,β-unsaturated/α-hetero) is 2. The molecule has 3 aliphatic rings. The van der Waals surface area contributed by atoms with E-state index in [1.54, 1.807) is 21.0 Å². The Kier molecular flexibility index (Phi) is 10.0. The molecule has 1 aliphatic heterocycles. The third-order valence-electron chi connectivity index (χ3n) is 8.85. The molecule has 0 unspecified atom stereocenters. The van der Waals surface area contributed by atoms with Gasteiger partial charge in [0.2, 0.25) is 11.8 Å². The van der Waals surface area contributed by atoms with Crippen LogP contribution in [-0.4, -0.2) is 66.0 Å². The Morgan fingerprint density at radius 3 is 2.33 bits per heavy atom. The van der Waals surface area contributed by atoms with Gasteiger partial charge in [0.05, 0.1) is 31.9 Å². The van der Waals surface area contributed by atoms with Crippen molar-refractivity contribution in [2.24, 2.45) is 17.8 Å². The fourth-order valence-corrected chi connectivity index (χ4v) is 6.05. The van der Waals surface area contributed by atoms with Gasteiger partial charge in [-0.05, 0) is 69.6 Å². The highest BCUT2D eigenvalue weighted by Crippen LogP contribution is 2.34. The molecule has 0 bridgehead atoms. The highest BCUT2D eigenvalue weighted by molar-refractivity contribution is 5.98. The molecular weight excluding hydrogens is 512 g/mol. The Hall–Kier alpha value is -2.78. The zero-order valence-corrected chi connectivity index (χ0v) is 23.9. The maximum atomic E-state index is 13.7. The van der Waals surface area contributed by atoms with Crippen molar-refractivity contribution >= 4 is 23.4 Å². The van der Waals surface area contributed by atoms with E-state index in [2.05, 4.69) is 10.6 Å². The molecule has 40 heavy (non-hydrogen) atoms. The molecule has 0 aromatic heterocycles. The van der Waals surface area contributed by atoms with E-state index in [4.69, 9.17) is 9.47 Å². The van der Waals surface area contributed by atoms with Gasteiger partial charge in [0.25, 0.3) is 0 Å². The van der Waals surface area contributed by atoms with Crippen LogP contribution in [0.5, 0.6) is 5.75 Å². The second kappa shape index (κ2) is 13.3. The first-order chi connectivity index (χ1) is 19.1. The number of methoxy groups -OCH3 is 1. The zero-order valence-electron chi connectivity index (χ0n) is 23.9. The van der Waals surface area contributed by atoms with Gasteiger partial charge in [-0.15, -0.1) is 0 Å². The third-order valence-corrected chi connectivity index (χ3v) is 8.85. The number of hydrogen-bond donors (Lipinski definition) is 3. The summed E-state index contributed by atoms with van der Waals surface area (Å²) < 4.78 is 10.7. The van der Waals surface area contributed by atoms with Crippen molar-refractivity contribution < 1.29 is 33.8 Å². The highest BCUT2D eigenvalue weighted by atomic mass is 16.6. The number of carbonyl (C=O) groups excluding carboxylic acids is 4. The summed E-state index contributed by atoms with van der Waals surface area (Å²) in [5.41, 5.74) is 0.00585. The van der Waals surface area contributed by atoms with Crippen LogP contribution in [0.4, 0.5) is 0 Å². The largest absolute Gasteiger partial charge is 0.497 e. The summed E-state index contributed by atoms with van der Waals surface area (Å²) in [6.07, 6.45) is 6.23. The van der Waals surface area contributed by atoms with E-state index in [0.29, 0.717) is 50.4 Å². The number of ether oxygens (including phenoxy) is 2. The first-order valence-electron chi connectivity index (χ1n) is 14.7. The van der Waals surface area contributed by atoms with Crippen LogP contribution in [0.25, 0.3) is 0 Å². The van der Waals surface area contributed by atoms with E-state index >= 15 is 0 Å². The predicted molar refractivity (Wildman–Crippen MR) is 149 cm³/mol. The van der Waals surface area contributed by atoms with Crippen molar-refractivity contribution in [1.82, 2.24) is 10.6 Å². The minimum Gasteiger partial charge on any atom is -0.497 e. The maximum Gasteiger partial charge on any atom is 0.224 e. The summed E-state index contributed by atoms with van der Waals surface area (Å²) in [4.78, 5) is 53.0. The standard InChI is InChI=1S/C31H44N2O7/c1-19(32-29(37)22-10-11-24(34)16-22)27(35)17-23(14-21-8-12-25(39-3)13-9-21)30(38)33-26(15-20-6-4-5-7-20)28(36)31(2)18-40-31/h8-9,12-13,19-20,22-24,26,34H,4-7,10-11,14-18H2,1-3H3,(H,32,37)(H,33,38)/t19-,22+,23-,24+,26+,31-/m1/s1. The summed E-state index contributed by atoms with van der Waals surface area (Å²) >= 11 is 0. The lowest BCUT2D eigenvalue weighted by atomic mass is 9.88. The van der Waals surface area contributed by atoms with Crippen molar-refractivity contribution in [2.45, 2.75) is 102 Å². The van der Waals surface area contributed by atoms with Crippen LogP contribution in [0.15, 0.2) is 24.3 Å². The number of carbonyl (C=O) groups is 4. The van der Waals surface area contributed by atoms with Gasteiger partial charge in [0.15, 0.2) is 11.6 Å². The average molecular weight is 557 g/mol. The molecule has 9 heteroatoms. The molecule has 2 aliphatic carbocycles. The molecule has 2 amide bonds. The van der Waals surface area contributed by atoms with Gasteiger partial charge in [0.1, 0.15) is 11.4 Å². The molecule has 6 atom stereocenters. The fourth-order valence-electron chi connectivity index (χ4n) is 6.05. The van der Waals surface area contributed by atoms with Gasteiger partial charge in [-0.2, -0.15) is 0 Å². The van der Waals surface area contributed by atoms with E-state index in [1.165, 1.54) is 0 Å². The normalized spacial score (nSPS) is 26.5. The predicted octanol–water partition coefficient (Wildman–Crippen LogP) is 2.90. The molecule has 9 nitrogen and oxygen atoms in total. The molecule has 1 aromatic carbocycles. The van der Waals surface area contributed by atoms with Gasteiger partial charge in [0, 0.05) is 18.3 Å². The number of epoxide rings is 1. The number of ketones is 2. The Morgan fingerprint density at radius 1 is 1.07 bits per heavy atom. The first-order valence-corrected chi connectivity index (χ1v) is 14.7. The summed E-state index contributed by atoms with van der Waals surface area (Å²) in [5, 5.41) is 15.6. The Bertz CT molecular complexity index is 1060. The molecule has 1 heterocycles. The van der Waals surface area contributed by atoms with Crippen molar-refractivity contribution in [3.63, 3.8) is 0 Å². The smallest absolute Gasteiger partial charge is 0.224 e. The summed E-state index contributed by atoms with van der Waals surface area (Å²) in [6.45, 7) is 3.74. The number of rotatable bonds is 14. The minimum atomic E-state index is -0.857. The molecule has 1 aromatic rings. The SMILES string of the molecule is COc1ccc(C[C@H](CC(=O)[C@@H](C)NC(=O)[C@H]2CC[C@H](O)C2)C(=O)N[C@@H](CC2CCCC2)C(=O)[C@@]2(C)CO2)cc1. The number of aliphatic hydroxyl groups excluding tert-OH is 1. The molecule has 2 saturated carbocycles. The molecular formula is C31H44N2O7. The Labute approximate surface area is 236 Å². The van der Waals surface area contributed by atoms with Crippen molar-refractivity contribution in [3.8, 4) is 5.75 Å². The number of aliphatic hydroxyl groups is 1. The van der Waals surface area contributed by atoms with Gasteiger partial charge in [-0.25, -0.2) is 0 Å². The van der Waals surface area contributed by atoms with Gasteiger partial charge >= 0.3 is 0 Å². The Balaban J connectivity index is 1.46. The molecule has 3 N–H and O–H groups in total. The van der Waals surface area contributed by atoms with E-state index in [1.807, 2.05) is 24.3 Å². The van der Waals surface area contributed by atoms with Crippen molar-refractivity contribution in [1.29, 1.82) is 0 Å². The third kappa shape index (κ3) is 7.91. The van der Waals surface area contributed by atoms with Crippen LogP contribution in [0.3, 0.4) is 0 Å². The number of nitrogens with one attached hydrogen (secondary N) is 2. The number of amides is 2. The monoisotopic (exact) mass is 556 g/mol. The van der Waals surface area contributed by atoms with E-state index in [-0.39, 0.29) is 35.7 Å². The summed E-state index contributed by atoms with van der Waals surface area (Å²) in [5.74, 6) is -0.914. The second-order valence-corrected chi connectivity index (χ2v) is 12.1. The molecule has 1 saturated heterocycles. The van der Waals surface area contributed by atoms with Gasteiger partial charge in [-0.1, -0.05) is 37.8 Å². The molecule has 0 spiro atoms. The lowest BCUT2D eigenvalue weighted by Gasteiger charge is -2.26. The molecule has 0 radical (unpaired) electrons. The van der Waals surface area contributed by atoms with E-state index in [0.717, 1.165) is 31.2 Å². The number of hydrogen-bond acceptors (Lipinski definition) is 7. The van der Waals surface area contributed by atoms with Crippen LogP contribution < -0.4 is 15.4 Å². The maximum absolute atomic E-state index is 13.7. The summed E-state index contributed by atoms with van der Waals surface area (Å²) in [7, 11) is 1.58. The fraction of sp³-hybridized carbons (Fsp3) is 0.677. The Morgan fingerprint density at radius 2 is 1.75 bits per heavy atom. The summed E-state index contributed by atoms with van der Waals surface area (Å²) in [6, 6.07) is 5.90. The molecule has 220 valence electrons.